The van der Waals surface area contributed by atoms with Crippen molar-refractivity contribution in [2.75, 3.05) is 13.2 Å². The van der Waals surface area contributed by atoms with Gasteiger partial charge in [0, 0.05) is 43.4 Å². The van der Waals surface area contributed by atoms with E-state index in [1.54, 1.807) is 24.6 Å². The second-order valence-corrected chi connectivity index (χ2v) is 8.34. The number of carbonyl (C=O) groups excluding carboxylic acids is 1. The molecule has 154 valence electrons. The number of alkyl halides is 1. The Bertz CT molecular complexity index is 1050. The van der Waals surface area contributed by atoms with Crippen molar-refractivity contribution in [2.45, 2.75) is 45.4 Å². The molecular formula is C21H23FN2O4S. The van der Waals surface area contributed by atoms with Crippen molar-refractivity contribution in [3.05, 3.63) is 45.1 Å². The largest absolute Gasteiger partial charge is 0.488 e. The number of carbonyl (C=O) groups is 1. The highest BCUT2D eigenvalue weighted by atomic mass is 32.1. The van der Waals surface area contributed by atoms with Crippen LogP contribution in [-0.2, 0) is 17.8 Å². The average molecular weight is 418 g/mol. The van der Waals surface area contributed by atoms with Gasteiger partial charge in [-0.2, -0.15) is 0 Å². The predicted molar refractivity (Wildman–Crippen MR) is 108 cm³/mol. The predicted octanol–water partition coefficient (Wildman–Crippen LogP) is 4.25. The molecule has 2 aromatic heterocycles. The number of primary amides is 1. The molecule has 0 bridgehead atoms. The Morgan fingerprint density at radius 1 is 1.34 bits per heavy atom. The summed E-state index contributed by atoms with van der Waals surface area (Å²) in [6.07, 6.45) is 0.684. The fourth-order valence-corrected chi connectivity index (χ4v) is 4.49. The first-order valence-electron chi connectivity index (χ1n) is 9.51. The fraction of sp³-hybridized carbons (Fsp3) is 0.429. The second-order valence-electron chi connectivity index (χ2n) is 7.40. The Balaban J connectivity index is 1.80. The Hall–Kier alpha value is -2.45. The van der Waals surface area contributed by atoms with Crippen LogP contribution in [0.2, 0.25) is 0 Å². The number of hydrogen-bond donors (Lipinski definition) is 1. The van der Waals surface area contributed by atoms with Crippen LogP contribution in [0.25, 0.3) is 11.0 Å². The Morgan fingerprint density at radius 2 is 2.10 bits per heavy atom. The molecular weight excluding hydrogens is 395 g/mol. The Labute approximate surface area is 171 Å². The monoisotopic (exact) mass is 418 g/mol. The molecule has 0 spiro atoms. The highest BCUT2D eigenvalue weighted by Gasteiger charge is 2.35. The first-order chi connectivity index (χ1) is 13.9. The highest BCUT2D eigenvalue weighted by molar-refractivity contribution is 7.09. The zero-order valence-corrected chi connectivity index (χ0v) is 17.2. The summed E-state index contributed by atoms with van der Waals surface area (Å²) in [6.45, 7) is 4.67. The molecule has 2 N–H and O–H groups in total. The number of ether oxygens (including phenoxy) is 2. The summed E-state index contributed by atoms with van der Waals surface area (Å²) in [6, 6.07) is 3.51. The number of rotatable bonds is 6. The highest BCUT2D eigenvalue weighted by Crippen LogP contribution is 2.40. The van der Waals surface area contributed by atoms with Gasteiger partial charge >= 0.3 is 0 Å². The molecule has 1 aliphatic rings. The number of nitrogens with two attached hydrogens (primary N) is 1. The van der Waals surface area contributed by atoms with Gasteiger partial charge in [-0.1, -0.05) is 0 Å². The van der Waals surface area contributed by atoms with E-state index in [9.17, 15) is 4.79 Å². The molecule has 0 atom stereocenters. The lowest BCUT2D eigenvalue weighted by molar-refractivity contribution is -0.00832. The minimum atomic E-state index is -1.44. The number of aromatic nitrogens is 1. The Kier molecular flexibility index (Phi) is 5.31. The number of hydrogen-bond acceptors (Lipinski definition) is 6. The third-order valence-electron chi connectivity index (χ3n) is 5.43. The number of nitrogens with zero attached hydrogens (tertiary/aromatic N) is 1. The SMILES string of the molecule is Cc1ncsc1COc1ccc2oc(C)c(C(N)=O)c2c1CC1(F)CCOCC1. The summed E-state index contributed by atoms with van der Waals surface area (Å²) >= 11 is 1.51. The van der Waals surface area contributed by atoms with Gasteiger partial charge in [0.25, 0.3) is 5.91 Å². The maximum absolute atomic E-state index is 15.6. The number of fused-ring (bicyclic) bond motifs is 1. The smallest absolute Gasteiger partial charge is 0.252 e. The second kappa shape index (κ2) is 7.76. The van der Waals surface area contributed by atoms with Crippen molar-refractivity contribution in [3.8, 4) is 5.75 Å². The molecule has 3 heterocycles. The van der Waals surface area contributed by atoms with Crippen molar-refractivity contribution < 1.29 is 23.1 Å². The number of thiazole rings is 1. The summed E-state index contributed by atoms with van der Waals surface area (Å²) in [4.78, 5) is 17.4. The lowest BCUT2D eigenvalue weighted by Crippen LogP contribution is -2.34. The van der Waals surface area contributed by atoms with Gasteiger partial charge in [0.1, 0.15) is 29.4 Å². The van der Waals surface area contributed by atoms with Crippen molar-refractivity contribution in [1.29, 1.82) is 0 Å². The summed E-state index contributed by atoms with van der Waals surface area (Å²) in [5, 5.41) is 0.539. The lowest BCUT2D eigenvalue weighted by atomic mass is 9.86. The summed E-state index contributed by atoms with van der Waals surface area (Å²) in [5.41, 5.74) is 8.25. The van der Waals surface area contributed by atoms with Crippen LogP contribution in [0.15, 0.2) is 22.1 Å². The van der Waals surface area contributed by atoms with Gasteiger partial charge in [-0.15, -0.1) is 11.3 Å². The van der Waals surface area contributed by atoms with Gasteiger partial charge in [0.05, 0.1) is 21.6 Å². The van der Waals surface area contributed by atoms with E-state index < -0.39 is 11.6 Å². The molecule has 0 aliphatic carbocycles. The Morgan fingerprint density at radius 3 is 2.76 bits per heavy atom. The maximum Gasteiger partial charge on any atom is 0.252 e. The minimum absolute atomic E-state index is 0.101. The van der Waals surface area contributed by atoms with Crippen LogP contribution >= 0.6 is 11.3 Å². The van der Waals surface area contributed by atoms with Crippen molar-refractivity contribution in [3.63, 3.8) is 0 Å². The van der Waals surface area contributed by atoms with E-state index in [1.165, 1.54) is 11.3 Å². The van der Waals surface area contributed by atoms with E-state index in [2.05, 4.69) is 4.98 Å². The van der Waals surface area contributed by atoms with Gasteiger partial charge in [-0.05, 0) is 26.0 Å². The molecule has 0 radical (unpaired) electrons. The summed E-state index contributed by atoms with van der Waals surface area (Å²) < 4.78 is 32.7. The number of benzene rings is 1. The molecule has 1 aliphatic heterocycles. The van der Waals surface area contributed by atoms with Crippen molar-refractivity contribution >= 4 is 28.2 Å². The van der Waals surface area contributed by atoms with Gasteiger partial charge < -0.3 is 19.6 Å². The van der Waals surface area contributed by atoms with Crippen LogP contribution in [0.3, 0.4) is 0 Å². The van der Waals surface area contributed by atoms with E-state index >= 15 is 4.39 Å². The normalized spacial score (nSPS) is 16.2. The topological polar surface area (TPSA) is 87.6 Å². The number of furan rings is 1. The number of amides is 1. The van der Waals surface area contributed by atoms with Gasteiger partial charge in [-0.3, -0.25) is 4.79 Å². The van der Waals surface area contributed by atoms with E-state index in [0.29, 0.717) is 60.7 Å². The molecule has 1 saturated heterocycles. The first-order valence-corrected chi connectivity index (χ1v) is 10.4. The van der Waals surface area contributed by atoms with Crippen molar-refractivity contribution in [1.82, 2.24) is 4.98 Å². The van der Waals surface area contributed by atoms with Crippen LogP contribution in [0.4, 0.5) is 4.39 Å². The lowest BCUT2D eigenvalue weighted by Gasteiger charge is -2.30. The molecule has 0 unspecified atom stereocenters. The van der Waals surface area contributed by atoms with E-state index in [1.807, 2.05) is 6.92 Å². The molecule has 1 fully saturated rings. The zero-order valence-electron chi connectivity index (χ0n) is 16.4. The van der Waals surface area contributed by atoms with E-state index in [-0.39, 0.29) is 12.0 Å². The first kappa shape index (κ1) is 19.8. The number of halogens is 1. The fourth-order valence-electron chi connectivity index (χ4n) is 3.80. The standard InChI is InChI=1S/C21H23FN2O4S/c1-12-17(29-11-24-12)10-27-15-3-4-16-19(18(20(23)25)13(2)28-16)14(15)9-21(22)5-7-26-8-6-21/h3-4,11H,5-10H2,1-2H3,(H2,23,25). The molecule has 0 saturated carbocycles. The molecule has 29 heavy (non-hydrogen) atoms. The maximum atomic E-state index is 15.6. The van der Waals surface area contributed by atoms with Crippen LogP contribution in [0, 0.1) is 13.8 Å². The van der Waals surface area contributed by atoms with Crippen molar-refractivity contribution in [2.24, 2.45) is 5.73 Å². The molecule has 6 nitrogen and oxygen atoms in total. The third-order valence-corrected chi connectivity index (χ3v) is 6.34. The van der Waals surface area contributed by atoms with Crippen LogP contribution < -0.4 is 10.5 Å². The molecule has 1 aromatic carbocycles. The minimum Gasteiger partial charge on any atom is -0.488 e. The molecule has 4 rings (SSSR count). The van der Waals surface area contributed by atoms with Gasteiger partial charge in [-0.25, -0.2) is 9.37 Å². The molecule has 1 amide bonds. The summed E-state index contributed by atoms with van der Waals surface area (Å²) in [7, 11) is 0. The quantitative estimate of drug-likeness (QED) is 0.647. The van der Waals surface area contributed by atoms with E-state index in [4.69, 9.17) is 19.6 Å². The zero-order chi connectivity index (χ0) is 20.6. The average Bonchev–Trinajstić information content (AvgIpc) is 3.23. The van der Waals surface area contributed by atoms with Crippen LogP contribution in [-0.4, -0.2) is 29.8 Å². The molecule has 3 aromatic rings. The van der Waals surface area contributed by atoms with Crippen LogP contribution in [0.1, 0.15) is 45.1 Å². The summed E-state index contributed by atoms with van der Waals surface area (Å²) in [5.74, 6) is 0.346. The van der Waals surface area contributed by atoms with Gasteiger partial charge in [0.15, 0.2) is 0 Å². The van der Waals surface area contributed by atoms with E-state index in [0.717, 1.165) is 10.6 Å². The van der Waals surface area contributed by atoms with Crippen LogP contribution in [0.5, 0.6) is 5.75 Å². The third kappa shape index (κ3) is 3.86. The van der Waals surface area contributed by atoms with Gasteiger partial charge in [0.2, 0.25) is 0 Å². The molecule has 8 heteroatoms. The number of aryl methyl sites for hydroxylation is 2.